The highest BCUT2D eigenvalue weighted by molar-refractivity contribution is 6.08. The van der Waals surface area contributed by atoms with Crippen LogP contribution in [0.25, 0.3) is 0 Å². The van der Waals surface area contributed by atoms with Gasteiger partial charge in [-0.05, 0) is 55.8 Å². The first-order valence-electron chi connectivity index (χ1n) is 11.7. The first-order chi connectivity index (χ1) is 14.6. The number of carbonyl (C=O) groups excluding carboxylic acids is 4. The SMILES string of the molecule is CC(C)(C)C1CCC2(CC1)NC(=O)N(CC(=O)OCC(=O)NCC1CCCCC1)C2=O. The molecular formula is C23H37N3O5. The number of carbonyl (C=O) groups is 4. The van der Waals surface area contributed by atoms with Gasteiger partial charge >= 0.3 is 12.0 Å². The molecule has 174 valence electrons. The highest BCUT2D eigenvalue weighted by atomic mass is 16.5. The van der Waals surface area contributed by atoms with Crippen molar-refractivity contribution in [1.29, 1.82) is 0 Å². The average Bonchev–Trinajstić information content (AvgIpc) is 2.95. The monoisotopic (exact) mass is 435 g/mol. The summed E-state index contributed by atoms with van der Waals surface area (Å²) < 4.78 is 5.01. The third kappa shape index (κ3) is 5.77. The summed E-state index contributed by atoms with van der Waals surface area (Å²) in [5.74, 6) is -0.480. The molecule has 4 amide bonds. The molecule has 1 heterocycles. The van der Waals surface area contributed by atoms with E-state index < -0.39 is 30.7 Å². The molecule has 0 bridgehead atoms. The molecule has 0 radical (unpaired) electrons. The summed E-state index contributed by atoms with van der Waals surface area (Å²) in [7, 11) is 0. The number of hydrogen-bond donors (Lipinski definition) is 2. The van der Waals surface area contributed by atoms with Crippen molar-refractivity contribution in [3.63, 3.8) is 0 Å². The lowest BCUT2D eigenvalue weighted by Gasteiger charge is -2.40. The van der Waals surface area contributed by atoms with Crippen LogP contribution in [0.1, 0.15) is 78.6 Å². The quantitative estimate of drug-likeness (QED) is 0.493. The summed E-state index contributed by atoms with van der Waals surface area (Å²) in [5.41, 5.74) is -0.745. The lowest BCUT2D eigenvalue weighted by Crippen LogP contribution is -2.50. The fourth-order valence-corrected chi connectivity index (χ4v) is 5.16. The minimum Gasteiger partial charge on any atom is -0.454 e. The number of urea groups is 1. The number of amides is 4. The van der Waals surface area contributed by atoms with E-state index in [0.29, 0.717) is 31.2 Å². The molecule has 0 aromatic carbocycles. The summed E-state index contributed by atoms with van der Waals surface area (Å²) in [4.78, 5) is 50.4. The molecule has 8 nitrogen and oxygen atoms in total. The molecule has 0 aromatic rings. The van der Waals surface area contributed by atoms with Gasteiger partial charge in [-0.1, -0.05) is 40.0 Å². The van der Waals surface area contributed by atoms with Crippen molar-refractivity contribution in [3.8, 4) is 0 Å². The van der Waals surface area contributed by atoms with E-state index >= 15 is 0 Å². The zero-order chi connectivity index (χ0) is 22.6. The Kier molecular flexibility index (Phi) is 7.27. The molecule has 2 saturated carbocycles. The minimum atomic E-state index is -0.906. The third-order valence-electron chi connectivity index (χ3n) is 7.27. The van der Waals surface area contributed by atoms with E-state index in [1.807, 2.05) is 0 Å². The Hall–Kier alpha value is -2.12. The topological polar surface area (TPSA) is 105 Å². The van der Waals surface area contributed by atoms with Crippen LogP contribution in [0.5, 0.6) is 0 Å². The molecule has 2 aliphatic carbocycles. The normalized spacial score (nSPS) is 27.3. The van der Waals surface area contributed by atoms with Crippen LogP contribution in [0, 0.1) is 17.3 Å². The van der Waals surface area contributed by atoms with Gasteiger partial charge in [0.15, 0.2) is 6.61 Å². The number of imide groups is 1. The number of hydrogen-bond acceptors (Lipinski definition) is 5. The van der Waals surface area contributed by atoms with Crippen LogP contribution in [0.2, 0.25) is 0 Å². The number of nitrogens with zero attached hydrogens (tertiary/aromatic N) is 1. The molecule has 31 heavy (non-hydrogen) atoms. The number of rotatable bonds is 6. The van der Waals surface area contributed by atoms with Crippen molar-refractivity contribution in [2.75, 3.05) is 19.7 Å². The van der Waals surface area contributed by atoms with Gasteiger partial charge in [0.25, 0.3) is 11.8 Å². The highest BCUT2D eigenvalue weighted by Crippen LogP contribution is 2.43. The molecule has 8 heteroatoms. The smallest absolute Gasteiger partial charge is 0.326 e. The van der Waals surface area contributed by atoms with Crippen LogP contribution in [-0.2, 0) is 19.1 Å². The molecule has 1 spiro atoms. The summed E-state index contributed by atoms with van der Waals surface area (Å²) in [6.45, 7) is 6.31. The van der Waals surface area contributed by atoms with Gasteiger partial charge in [0.05, 0.1) is 0 Å². The number of ether oxygens (including phenoxy) is 1. The Morgan fingerprint density at radius 2 is 1.74 bits per heavy atom. The second-order valence-corrected chi connectivity index (χ2v) is 10.5. The second-order valence-electron chi connectivity index (χ2n) is 10.5. The molecule has 1 saturated heterocycles. The Bertz CT molecular complexity index is 700. The van der Waals surface area contributed by atoms with Crippen LogP contribution >= 0.6 is 0 Å². The van der Waals surface area contributed by atoms with E-state index in [1.165, 1.54) is 19.3 Å². The first kappa shape index (κ1) is 23.5. The van der Waals surface area contributed by atoms with Crippen LogP contribution in [-0.4, -0.2) is 54.0 Å². The van der Waals surface area contributed by atoms with E-state index in [-0.39, 0.29) is 17.2 Å². The fourth-order valence-electron chi connectivity index (χ4n) is 5.16. The standard InChI is InChI=1S/C23H37N3O5/c1-22(2,3)17-9-11-23(12-10-17)20(29)26(21(30)25-23)14-19(28)31-15-18(27)24-13-16-7-5-4-6-8-16/h16-17H,4-15H2,1-3H3,(H,24,27)(H,25,30). The van der Waals surface area contributed by atoms with E-state index in [0.717, 1.165) is 30.6 Å². The number of esters is 1. The zero-order valence-electron chi connectivity index (χ0n) is 19.1. The molecule has 0 unspecified atom stereocenters. The van der Waals surface area contributed by atoms with E-state index in [2.05, 4.69) is 31.4 Å². The van der Waals surface area contributed by atoms with Gasteiger partial charge in [-0.25, -0.2) is 4.79 Å². The molecule has 0 atom stereocenters. The maximum Gasteiger partial charge on any atom is 0.326 e. The third-order valence-corrected chi connectivity index (χ3v) is 7.27. The van der Waals surface area contributed by atoms with Gasteiger partial charge in [0, 0.05) is 6.54 Å². The Balaban J connectivity index is 1.43. The van der Waals surface area contributed by atoms with Crippen molar-refractivity contribution >= 4 is 23.8 Å². The largest absolute Gasteiger partial charge is 0.454 e. The van der Waals surface area contributed by atoms with Crippen LogP contribution in [0.4, 0.5) is 4.79 Å². The van der Waals surface area contributed by atoms with Gasteiger partial charge < -0.3 is 15.4 Å². The van der Waals surface area contributed by atoms with Crippen molar-refractivity contribution in [2.45, 2.75) is 84.1 Å². The lowest BCUT2D eigenvalue weighted by atomic mass is 9.67. The molecule has 1 aliphatic heterocycles. The maximum atomic E-state index is 13.0. The van der Waals surface area contributed by atoms with Crippen LogP contribution < -0.4 is 10.6 Å². The molecular weight excluding hydrogens is 398 g/mol. The summed E-state index contributed by atoms with van der Waals surface area (Å²) in [5, 5.41) is 5.62. The van der Waals surface area contributed by atoms with E-state index in [9.17, 15) is 19.2 Å². The summed E-state index contributed by atoms with van der Waals surface area (Å²) in [6.07, 6.45) is 8.74. The van der Waals surface area contributed by atoms with E-state index in [1.54, 1.807) is 0 Å². The van der Waals surface area contributed by atoms with E-state index in [4.69, 9.17) is 4.74 Å². The summed E-state index contributed by atoms with van der Waals surface area (Å²) in [6, 6.07) is -0.557. The first-order valence-corrected chi connectivity index (χ1v) is 11.7. The molecule has 3 rings (SSSR count). The summed E-state index contributed by atoms with van der Waals surface area (Å²) >= 11 is 0. The Morgan fingerprint density at radius 1 is 1.10 bits per heavy atom. The second kappa shape index (κ2) is 9.57. The minimum absolute atomic E-state index is 0.161. The Morgan fingerprint density at radius 3 is 2.35 bits per heavy atom. The maximum absolute atomic E-state index is 13.0. The average molecular weight is 436 g/mol. The van der Waals surface area contributed by atoms with Crippen LogP contribution in [0.15, 0.2) is 0 Å². The van der Waals surface area contributed by atoms with Crippen molar-refractivity contribution in [2.24, 2.45) is 17.3 Å². The van der Waals surface area contributed by atoms with Crippen molar-refractivity contribution in [3.05, 3.63) is 0 Å². The van der Waals surface area contributed by atoms with Gasteiger partial charge in [-0.15, -0.1) is 0 Å². The zero-order valence-corrected chi connectivity index (χ0v) is 19.1. The van der Waals surface area contributed by atoms with Crippen molar-refractivity contribution < 1.29 is 23.9 Å². The van der Waals surface area contributed by atoms with Gasteiger partial charge in [-0.2, -0.15) is 0 Å². The van der Waals surface area contributed by atoms with Crippen LogP contribution in [0.3, 0.4) is 0 Å². The highest BCUT2D eigenvalue weighted by Gasteiger charge is 2.53. The molecule has 3 aliphatic rings. The predicted molar refractivity (Wildman–Crippen MR) is 115 cm³/mol. The lowest BCUT2D eigenvalue weighted by molar-refractivity contribution is -0.151. The van der Waals surface area contributed by atoms with Gasteiger partial charge in [0.1, 0.15) is 12.1 Å². The Labute approximate surface area is 184 Å². The number of nitrogens with one attached hydrogen (secondary N) is 2. The van der Waals surface area contributed by atoms with Gasteiger partial charge in [0.2, 0.25) is 0 Å². The molecule has 2 N–H and O–H groups in total. The molecule has 3 fully saturated rings. The van der Waals surface area contributed by atoms with Crippen molar-refractivity contribution in [1.82, 2.24) is 15.5 Å². The fraction of sp³-hybridized carbons (Fsp3) is 0.826. The molecule has 0 aromatic heterocycles. The predicted octanol–water partition coefficient (Wildman–Crippen LogP) is 2.75. The van der Waals surface area contributed by atoms with Gasteiger partial charge in [-0.3, -0.25) is 19.3 Å².